The summed E-state index contributed by atoms with van der Waals surface area (Å²) in [6.07, 6.45) is -0.157. The van der Waals surface area contributed by atoms with Crippen LogP contribution in [0.5, 0.6) is 0 Å². The van der Waals surface area contributed by atoms with E-state index in [1.165, 1.54) is 31.2 Å². The third-order valence-corrected chi connectivity index (χ3v) is 3.33. The fraction of sp³-hybridized carbons (Fsp3) is 0.400. The first-order chi connectivity index (χ1) is 10.8. The van der Waals surface area contributed by atoms with Gasteiger partial charge < -0.3 is 14.3 Å². The number of nitro benzene ring substituents is 1. The number of nitro groups is 1. The Kier molecular flexibility index (Phi) is 6.37. The van der Waals surface area contributed by atoms with Crippen molar-refractivity contribution in [3.63, 3.8) is 0 Å². The third-order valence-electron chi connectivity index (χ3n) is 3.33. The van der Waals surface area contributed by atoms with Gasteiger partial charge in [-0.15, -0.1) is 0 Å². The number of rotatable bonds is 7. The number of benzene rings is 1. The standard InChI is InChI=1S/C15H17NO7/c1-9(17)7-12(13(14(18)22-2)15(19)23-3)10-5-4-6-11(8-10)16(20)21/h4-6,8,12-13H,7H2,1-3H3. The molecule has 1 rings (SSSR count). The Hall–Kier alpha value is -2.77. The van der Waals surface area contributed by atoms with E-state index >= 15 is 0 Å². The molecule has 0 N–H and O–H groups in total. The van der Waals surface area contributed by atoms with E-state index in [9.17, 15) is 24.5 Å². The van der Waals surface area contributed by atoms with Crippen molar-refractivity contribution in [2.45, 2.75) is 19.3 Å². The third kappa shape index (κ3) is 4.60. The van der Waals surface area contributed by atoms with Crippen LogP contribution in [-0.2, 0) is 23.9 Å². The second-order valence-corrected chi connectivity index (χ2v) is 4.89. The fourth-order valence-corrected chi connectivity index (χ4v) is 2.29. The maximum absolute atomic E-state index is 12.0. The van der Waals surface area contributed by atoms with E-state index in [0.29, 0.717) is 5.56 Å². The lowest BCUT2D eigenvalue weighted by Gasteiger charge is -2.22. The fourth-order valence-electron chi connectivity index (χ4n) is 2.29. The molecule has 1 aromatic rings. The Morgan fingerprint density at radius 3 is 2.17 bits per heavy atom. The number of non-ortho nitro benzene ring substituents is 1. The van der Waals surface area contributed by atoms with Crippen LogP contribution in [0.25, 0.3) is 0 Å². The molecule has 124 valence electrons. The topological polar surface area (TPSA) is 113 Å². The van der Waals surface area contributed by atoms with Gasteiger partial charge in [0.25, 0.3) is 5.69 Å². The summed E-state index contributed by atoms with van der Waals surface area (Å²) in [7, 11) is 2.22. The van der Waals surface area contributed by atoms with Gasteiger partial charge in [-0.2, -0.15) is 0 Å². The van der Waals surface area contributed by atoms with Gasteiger partial charge in [0.15, 0.2) is 5.92 Å². The summed E-state index contributed by atoms with van der Waals surface area (Å²) in [5.74, 6) is -4.30. The summed E-state index contributed by atoms with van der Waals surface area (Å²) in [5, 5.41) is 10.9. The van der Waals surface area contributed by atoms with E-state index in [1.54, 1.807) is 0 Å². The first kappa shape index (κ1) is 18.3. The second kappa shape index (κ2) is 8.02. The van der Waals surface area contributed by atoms with E-state index in [2.05, 4.69) is 9.47 Å². The predicted molar refractivity (Wildman–Crippen MR) is 78.7 cm³/mol. The molecule has 0 spiro atoms. The lowest BCUT2D eigenvalue weighted by atomic mass is 9.82. The number of Topliss-reactive ketones (excluding diaryl/α,β-unsaturated/α-hetero) is 1. The quantitative estimate of drug-likeness (QED) is 0.324. The van der Waals surface area contributed by atoms with Gasteiger partial charge in [-0.05, 0) is 12.5 Å². The van der Waals surface area contributed by atoms with Gasteiger partial charge in [-0.3, -0.25) is 19.7 Å². The van der Waals surface area contributed by atoms with Crippen molar-refractivity contribution in [2.24, 2.45) is 5.92 Å². The van der Waals surface area contributed by atoms with Crippen LogP contribution in [0, 0.1) is 16.0 Å². The van der Waals surface area contributed by atoms with E-state index in [1.807, 2.05) is 0 Å². The van der Waals surface area contributed by atoms with Crippen molar-refractivity contribution in [3.8, 4) is 0 Å². The average molecular weight is 323 g/mol. The maximum atomic E-state index is 12.0. The highest BCUT2D eigenvalue weighted by Gasteiger charge is 2.38. The molecule has 0 amide bonds. The van der Waals surface area contributed by atoms with Crippen molar-refractivity contribution >= 4 is 23.4 Å². The predicted octanol–water partition coefficient (Wildman–Crippen LogP) is 1.62. The molecule has 0 aliphatic rings. The summed E-state index contributed by atoms with van der Waals surface area (Å²) in [5.41, 5.74) is 0.111. The average Bonchev–Trinajstić information content (AvgIpc) is 2.53. The number of nitrogens with zero attached hydrogens (tertiary/aromatic N) is 1. The Morgan fingerprint density at radius 1 is 1.17 bits per heavy atom. The summed E-state index contributed by atoms with van der Waals surface area (Å²) >= 11 is 0. The number of esters is 2. The van der Waals surface area contributed by atoms with Crippen LogP contribution in [0.15, 0.2) is 24.3 Å². The maximum Gasteiger partial charge on any atom is 0.320 e. The molecule has 1 aromatic carbocycles. The van der Waals surface area contributed by atoms with Crippen molar-refractivity contribution in [2.75, 3.05) is 14.2 Å². The smallest absolute Gasteiger partial charge is 0.320 e. The van der Waals surface area contributed by atoms with Crippen molar-refractivity contribution in [1.82, 2.24) is 0 Å². The van der Waals surface area contributed by atoms with Gasteiger partial charge in [0.1, 0.15) is 5.78 Å². The van der Waals surface area contributed by atoms with Crippen LogP contribution in [0.4, 0.5) is 5.69 Å². The molecule has 0 heterocycles. The zero-order valence-electron chi connectivity index (χ0n) is 13.0. The SMILES string of the molecule is COC(=O)C(C(=O)OC)C(CC(C)=O)c1cccc([N+](=O)[O-])c1. The van der Waals surface area contributed by atoms with Crippen LogP contribution >= 0.6 is 0 Å². The monoisotopic (exact) mass is 323 g/mol. The second-order valence-electron chi connectivity index (χ2n) is 4.89. The molecule has 0 fully saturated rings. The van der Waals surface area contributed by atoms with E-state index in [-0.39, 0.29) is 17.9 Å². The van der Waals surface area contributed by atoms with Crippen LogP contribution < -0.4 is 0 Å². The van der Waals surface area contributed by atoms with Crippen molar-refractivity contribution in [3.05, 3.63) is 39.9 Å². The van der Waals surface area contributed by atoms with Crippen LogP contribution in [-0.4, -0.2) is 36.9 Å². The number of carbonyl (C=O) groups excluding carboxylic acids is 3. The molecule has 0 saturated heterocycles. The summed E-state index contributed by atoms with van der Waals surface area (Å²) in [4.78, 5) is 45.8. The minimum absolute atomic E-state index is 0.157. The van der Waals surface area contributed by atoms with Gasteiger partial charge in [-0.1, -0.05) is 12.1 Å². The van der Waals surface area contributed by atoms with Crippen LogP contribution in [0.2, 0.25) is 0 Å². The lowest BCUT2D eigenvalue weighted by molar-refractivity contribution is -0.384. The molecule has 8 heteroatoms. The Labute approximate surface area is 132 Å². The molecule has 1 unspecified atom stereocenters. The number of ketones is 1. The zero-order chi connectivity index (χ0) is 17.6. The van der Waals surface area contributed by atoms with Gasteiger partial charge in [0.05, 0.1) is 19.1 Å². The summed E-state index contributed by atoms with van der Waals surface area (Å²) in [6.45, 7) is 1.30. The summed E-state index contributed by atoms with van der Waals surface area (Å²) in [6, 6.07) is 5.44. The van der Waals surface area contributed by atoms with Crippen LogP contribution in [0.1, 0.15) is 24.8 Å². The summed E-state index contributed by atoms with van der Waals surface area (Å²) < 4.78 is 9.22. The number of hydrogen-bond acceptors (Lipinski definition) is 7. The van der Waals surface area contributed by atoms with Gasteiger partial charge in [0, 0.05) is 24.5 Å². The number of hydrogen-bond donors (Lipinski definition) is 0. The molecule has 0 radical (unpaired) electrons. The van der Waals surface area contributed by atoms with Gasteiger partial charge in [-0.25, -0.2) is 0 Å². The minimum atomic E-state index is -1.38. The van der Waals surface area contributed by atoms with E-state index < -0.39 is 28.7 Å². The molecular formula is C15H17NO7. The Bertz CT molecular complexity index is 610. The Morgan fingerprint density at radius 2 is 1.74 bits per heavy atom. The lowest BCUT2D eigenvalue weighted by Crippen LogP contribution is -2.33. The highest BCUT2D eigenvalue weighted by Crippen LogP contribution is 2.32. The molecule has 23 heavy (non-hydrogen) atoms. The first-order valence-electron chi connectivity index (χ1n) is 6.71. The highest BCUT2D eigenvalue weighted by atomic mass is 16.6. The van der Waals surface area contributed by atoms with Gasteiger partial charge in [0.2, 0.25) is 0 Å². The zero-order valence-corrected chi connectivity index (χ0v) is 13.0. The number of methoxy groups -OCH3 is 2. The molecular weight excluding hydrogens is 306 g/mol. The van der Waals surface area contributed by atoms with E-state index in [4.69, 9.17) is 0 Å². The van der Waals surface area contributed by atoms with Crippen molar-refractivity contribution < 1.29 is 28.8 Å². The van der Waals surface area contributed by atoms with Gasteiger partial charge >= 0.3 is 11.9 Å². The molecule has 1 atom stereocenters. The normalized spacial score (nSPS) is 11.7. The van der Waals surface area contributed by atoms with Crippen LogP contribution in [0.3, 0.4) is 0 Å². The molecule has 0 saturated carbocycles. The molecule has 0 aliphatic heterocycles. The highest BCUT2D eigenvalue weighted by molar-refractivity contribution is 5.96. The minimum Gasteiger partial charge on any atom is -0.468 e. The number of carbonyl (C=O) groups is 3. The van der Waals surface area contributed by atoms with Crippen molar-refractivity contribution in [1.29, 1.82) is 0 Å². The number of ether oxygens (including phenoxy) is 2. The molecule has 8 nitrogen and oxygen atoms in total. The largest absolute Gasteiger partial charge is 0.468 e. The molecule has 0 bridgehead atoms. The Balaban J connectivity index is 3.38. The first-order valence-corrected chi connectivity index (χ1v) is 6.71. The molecule has 0 aliphatic carbocycles. The molecule has 0 aromatic heterocycles. The van der Waals surface area contributed by atoms with E-state index in [0.717, 1.165) is 14.2 Å².